The molecule has 0 atom stereocenters. The summed E-state index contributed by atoms with van der Waals surface area (Å²) in [6.45, 7) is 7.27. The van der Waals surface area contributed by atoms with Crippen LogP contribution in [-0.4, -0.2) is 52.8 Å². The van der Waals surface area contributed by atoms with Crippen molar-refractivity contribution in [2.75, 3.05) is 43.1 Å². The highest BCUT2D eigenvalue weighted by Crippen LogP contribution is 2.22. The van der Waals surface area contributed by atoms with Crippen molar-refractivity contribution in [3.05, 3.63) is 47.1 Å². The molecule has 0 spiro atoms. The fourth-order valence-corrected chi connectivity index (χ4v) is 3.45. The lowest BCUT2D eigenvalue weighted by Gasteiger charge is -2.36. The summed E-state index contributed by atoms with van der Waals surface area (Å²) < 4.78 is 6.85. The summed E-state index contributed by atoms with van der Waals surface area (Å²) in [5, 5.41) is 0.656. The fraction of sp³-hybridized carbons (Fsp3) is 0.400. The molecule has 1 saturated heterocycles. The Labute approximate surface area is 163 Å². The SMILES string of the molecule is COc1ccnc(N2CCN(c3ccc4c(=O)n(C(C)C)cnc4c3)CC2)n1. The number of rotatable bonds is 4. The maximum absolute atomic E-state index is 12.6. The van der Waals surface area contributed by atoms with Gasteiger partial charge in [-0.05, 0) is 32.0 Å². The van der Waals surface area contributed by atoms with Gasteiger partial charge in [-0.15, -0.1) is 0 Å². The Hall–Kier alpha value is -3.16. The third kappa shape index (κ3) is 3.37. The molecule has 8 heteroatoms. The van der Waals surface area contributed by atoms with Crippen LogP contribution in [0.3, 0.4) is 0 Å². The van der Waals surface area contributed by atoms with Gasteiger partial charge >= 0.3 is 0 Å². The van der Waals surface area contributed by atoms with E-state index in [2.05, 4.69) is 24.8 Å². The molecular weight excluding hydrogens is 356 g/mol. The molecule has 1 aliphatic heterocycles. The predicted molar refractivity (Wildman–Crippen MR) is 109 cm³/mol. The molecule has 28 heavy (non-hydrogen) atoms. The van der Waals surface area contributed by atoms with Crippen LogP contribution in [0.5, 0.6) is 5.88 Å². The molecule has 0 radical (unpaired) electrons. The summed E-state index contributed by atoms with van der Waals surface area (Å²) in [4.78, 5) is 30.3. The van der Waals surface area contributed by atoms with Gasteiger partial charge in [0, 0.05) is 50.2 Å². The zero-order chi connectivity index (χ0) is 19.7. The molecule has 0 bridgehead atoms. The van der Waals surface area contributed by atoms with Crippen LogP contribution in [-0.2, 0) is 0 Å². The number of fused-ring (bicyclic) bond motifs is 1. The minimum absolute atomic E-state index is 0.00606. The maximum atomic E-state index is 12.6. The molecular formula is C20H24N6O2. The Morgan fingerprint density at radius 1 is 1.04 bits per heavy atom. The lowest BCUT2D eigenvalue weighted by Crippen LogP contribution is -2.47. The monoisotopic (exact) mass is 380 g/mol. The smallest absolute Gasteiger partial charge is 0.261 e. The Bertz CT molecular complexity index is 1040. The largest absolute Gasteiger partial charge is 0.481 e. The number of nitrogens with zero attached hydrogens (tertiary/aromatic N) is 6. The lowest BCUT2D eigenvalue weighted by atomic mass is 10.2. The van der Waals surface area contributed by atoms with E-state index in [1.165, 1.54) is 0 Å². The molecule has 0 unspecified atom stereocenters. The van der Waals surface area contributed by atoms with E-state index >= 15 is 0 Å². The Kier molecular flexibility index (Phi) is 4.85. The van der Waals surface area contributed by atoms with Crippen LogP contribution < -0.4 is 20.1 Å². The van der Waals surface area contributed by atoms with Gasteiger partial charge in [0.2, 0.25) is 11.8 Å². The zero-order valence-corrected chi connectivity index (χ0v) is 16.4. The molecule has 4 rings (SSSR count). The number of piperazine rings is 1. The predicted octanol–water partition coefficient (Wildman–Crippen LogP) is 2.10. The first kappa shape index (κ1) is 18.2. The number of hydrogen-bond donors (Lipinski definition) is 0. The van der Waals surface area contributed by atoms with Gasteiger partial charge < -0.3 is 14.5 Å². The van der Waals surface area contributed by atoms with E-state index in [1.54, 1.807) is 30.3 Å². The normalized spacial score (nSPS) is 14.7. The van der Waals surface area contributed by atoms with Crippen LogP contribution in [0.25, 0.3) is 10.9 Å². The van der Waals surface area contributed by atoms with Crippen LogP contribution in [0.4, 0.5) is 11.6 Å². The van der Waals surface area contributed by atoms with Gasteiger partial charge in [0.15, 0.2) is 0 Å². The van der Waals surface area contributed by atoms with Gasteiger partial charge in [0.05, 0.1) is 24.3 Å². The molecule has 0 amide bonds. The van der Waals surface area contributed by atoms with Crippen molar-refractivity contribution in [3.8, 4) is 5.88 Å². The average molecular weight is 380 g/mol. The molecule has 3 heterocycles. The van der Waals surface area contributed by atoms with Crippen molar-refractivity contribution in [1.82, 2.24) is 19.5 Å². The van der Waals surface area contributed by atoms with E-state index < -0.39 is 0 Å². The Balaban J connectivity index is 1.52. The lowest BCUT2D eigenvalue weighted by molar-refractivity contribution is 0.396. The second-order valence-electron chi connectivity index (χ2n) is 7.13. The van der Waals surface area contributed by atoms with Crippen molar-refractivity contribution >= 4 is 22.5 Å². The summed E-state index contributed by atoms with van der Waals surface area (Å²) in [7, 11) is 1.60. The van der Waals surface area contributed by atoms with Crippen LogP contribution in [0.2, 0.25) is 0 Å². The minimum atomic E-state index is 0.00606. The van der Waals surface area contributed by atoms with Gasteiger partial charge in [-0.25, -0.2) is 9.97 Å². The van der Waals surface area contributed by atoms with Crippen molar-refractivity contribution < 1.29 is 4.74 Å². The fourth-order valence-electron chi connectivity index (χ4n) is 3.45. The first-order valence-electron chi connectivity index (χ1n) is 9.44. The van der Waals surface area contributed by atoms with Gasteiger partial charge in [-0.1, -0.05) is 0 Å². The van der Waals surface area contributed by atoms with Crippen molar-refractivity contribution in [2.45, 2.75) is 19.9 Å². The minimum Gasteiger partial charge on any atom is -0.481 e. The van der Waals surface area contributed by atoms with Gasteiger partial charge in [0.1, 0.15) is 0 Å². The second kappa shape index (κ2) is 7.46. The summed E-state index contributed by atoms with van der Waals surface area (Å²) in [6.07, 6.45) is 3.35. The summed E-state index contributed by atoms with van der Waals surface area (Å²) in [5.74, 6) is 1.26. The number of aromatic nitrogens is 4. The highest BCUT2D eigenvalue weighted by atomic mass is 16.5. The highest BCUT2D eigenvalue weighted by Gasteiger charge is 2.20. The first-order chi connectivity index (χ1) is 13.6. The molecule has 3 aromatic rings. The summed E-state index contributed by atoms with van der Waals surface area (Å²) in [5.41, 5.74) is 1.82. The third-order valence-electron chi connectivity index (χ3n) is 5.08. The van der Waals surface area contributed by atoms with Crippen molar-refractivity contribution in [1.29, 1.82) is 0 Å². The molecule has 0 aliphatic carbocycles. The Morgan fingerprint density at radius 2 is 1.79 bits per heavy atom. The van der Waals surface area contributed by atoms with E-state index in [0.717, 1.165) is 37.4 Å². The van der Waals surface area contributed by atoms with Crippen LogP contribution in [0.1, 0.15) is 19.9 Å². The van der Waals surface area contributed by atoms with E-state index in [-0.39, 0.29) is 11.6 Å². The van der Waals surface area contributed by atoms with E-state index in [0.29, 0.717) is 17.2 Å². The van der Waals surface area contributed by atoms with Crippen LogP contribution in [0.15, 0.2) is 41.6 Å². The van der Waals surface area contributed by atoms with Crippen LogP contribution in [0, 0.1) is 0 Å². The highest BCUT2D eigenvalue weighted by molar-refractivity contribution is 5.81. The van der Waals surface area contributed by atoms with Crippen molar-refractivity contribution in [3.63, 3.8) is 0 Å². The molecule has 1 fully saturated rings. The van der Waals surface area contributed by atoms with Crippen LogP contribution >= 0.6 is 0 Å². The molecule has 1 aromatic carbocycles. The summed E-state index contributed by atoms with van der Waals surface area (Å²) in [6, 6.07) is 7.73. The van der Waals surface area contributed by atoms with Gasteiger partial charge in [0.25, 0.3) is 5.56 Å². The Morgan fingerprint density at radius 3 is 2.50 bits per heavy atom. The van der Waals surface area contributed by atoms with E-state index in [9.17, 15) is 4.79 Å². The molecule has 0 saturated carbocycles. The maximum Gasteiger partial charge on any atom is 0.261 e. The van der Waals surface area contributed by atoms with E-state index in [4.69, 9.17) is 4.74 Å². The number of anilines is 2. The molecule has 0 N–H and O–H groups in total. The van der Waals surface area contributed by atoms with Crippen molar-refractivity contribution in [2.24, 2.45) is 0 Å². The molecule has 146 valence electrons. The summed E-state index contributed by atoms with van der Waals surface area (Å²) >= 11 is 0. The van der Waals surface area contributed by atoms with Gasteiger partial charge in [-0.3, -0.25) is 9.36 Å². The number of ether oxygens (including phenoxy) is 1. The topological polar surface area (TPSA) is 76.4 Å². The number of benzene rings is 1. The quantitative estimate of drug-likeness (QED) is 0.686. The zero-order valence-electron chi connectivity index (χ0n) is 16.4. The molecule has 1 aliphatic rings. The van der Waals surface area contributed by atoms with E-state index in [1.807, 2.05) is 32.0 Å². The standard InChI is InChI=1S/C20H24N6O2/c1-14(2)26-13-22-17-12-15(4-5-16(17)19(26)27)24-8-10-25(11-9-24)20-21-7-6-18(23-20)28-3/h4-7,12-14H,8-11H2,1-3H3. The first-order valence-corrected chi connectivity index (χ1v) is 9.44. The molecule has 2 aromatic heterocycles. The number of hydrogen-bond acceptors (Lipinski definition) is 7. The second-order valence-corrected chi connectivity index (χ2v) is 7.13. The number of methoxy groups -OCH3 is 1. The average Bonchev–Trinajstić information content (AvgIpc) is 2.73. The third-order valence-corrected chi connectivity index (χ3v) is 5.08. The molecule has 8 nitrogen and oxygen atoms in total. The van der Waals surface area contributed by atoms with Gasteiger partial charge in [-0.2, -0.15) is 4.98 Å².